The normalized spacial score (nSPS) is 30.5. The molecule has 0 spiro atoms. The van der Waals surface area contributed by atoms with E-state index in [1.54, 1.807) is 0 Å². The zero-order valence-corrected chi connectivity index (χ0v) is 10.1. The van der Waals surface area contributed by atoms with Crippen molar-refractivity contribution in [1.82, 2.24) is 5.32 Å². The maximum absolute atomic E-state index is 11.5. The molecular formula is C12H23NO2. The molecule has 0 saturated heterocycles. The molecule has 0 aromatic heterocycles. The van der Waals surface area contributed by atoms with Crippen LogP contribution in [0.3, 0.4) is 0 Å². The maximum atomic E-state index is 11.5. The molecule has 0 aromatic carbocycles. The van der Waals surface area contributed by atoms with Crippen LogP contribution in [0.2, 0.25) is 0 Å². The summed E-state index contributed by atoms with van der Waals surface area (Å²) in [5.41, 5.74) is 0. The smallest absolute Gasteiger partial charge is 0.246 e. The Morgan fingerprint density at radius 2 is 2.13 bits per heavy atom. The molecule has 0 heterocycles. The average molecular weight is 213 g/mol. The van der Waals surface area contributed by atoms with Gasteiger partial charge in [0, 0.05) is 12.6 Å². The molecule has 1 aliphatic carbocycles. The quantitative estimate of drug-likeness (QED) is 0.758. The summed E-state index contributed by atoms with van der Waals surface area (Å²) in [6.07, 6.45) is 3.59. The lowest BCUT2D eigenvalue weighted by atomic mass is 9.93. The number of ether oxygens (including phenoxy) is 1. The first-order chi connectivity index (χ1) is 7.19. The van der Waals surface area contributed by atoms with Crippen LogP contribution >= 0.6 is 0 Å². The van der Waals surface area contributed by atoms with Crippen LogP contribution in [0, 0.1) is 11.8 Å². The van der Waals surface area contributed by atoms with Gasteiger partial charge in [0.1, 0.15) is 6.61 Å². The second-order valence-corrected chi connectivity index (χ2v) is 4.42. The summed E-state index contributed by atoms with van der Waals surface area (Å²) in [7, 11) is 0. The number of hydrogen-bond acceptors (Lipinski definition) is 2. The van der Waals surface area contributed by atoms with E-state index in [9.17, 15) is 4.79 Å². The molecule has 1 aliphatic rings. The predicted octanol–water partition coefficient (Wildman–Crippen LogP) is 1.96. The van der Waals surface area contributed by atoms with Gasteiger partial charge in [-0.05, 0) is 31.6 Å². The number of hydrogen-bond donors (Lipinski definition) is 1. The Morgan fingerprint density at radius 1 is 1.40 bits per heavy atom. The zero-order valence-electron chi connectivity index (χ0n) is 10.1. The monoisotopic (exact) mass is 213 g/mol. The lowest BCUT2D eigenvalue weighted by Gasteiger charge is -2.20. The Bertz CT molecular complexity index is 206. The fraction of sp³-hybridized carbons (Fsp3) is 0.917. The van der Waals surface area contributed by atoms with Gasteiger partial charge in [0.05, 0.1) is 0 Å². The minimum atomic E-state index is 0.0328. The average Bonchev–Trinajstić information content (AvgIpc) is 2.57. The maximum Gasteiger partial charge on any atom is 0.246 e. The zero-order chi connectivity index (χ0) is 11.3. The van der Waals surface area contributed by atoms with E-state index in [-0.39, 0.29) is 12.5 Å². The molecule has 3 heteroatoms. The molecule has 1 N–H and O–H groups in total. The highest BCUT2D eigenvalue weighted by atomic mass is 16.5. The molecule has 0 aromatic rings. The third kappa shape index (κ3) is 3.49. The van der Waals surface area contributed by atoms with Gasteiger partial charge in [-0.3, -0.25) is 4.79 Å². The van der Waals surface area contributed by atoms with E-state index in [1.165, 1.54) is 12.8 Å². The van der Waals surface area contributed by atoms with E-state index in [1.807, 2.05) is 6.92 Å². The summed E-state index contributed by atoms with van der Waals surface area (Å²) in [6.45, 7) is 7.18. The first-order valence-corrected chi connectivity index (χ1v) is 6.06. The van der Waals surface area contributed by atoms with Crippen molar-refractivity contribution in [2.75, 3.05) is 13.2 Å². The van der Waals surface area contributed by atoms with Crippen LogP contribution in [0.1, 0.15) is 40.0 Å². The van der Waals surface area contributed by atoms with Crippen LogP contribution in [0.25, 0.3) is 0 Å². The van der Waals surface area contributed by atoms with E-state index in [0.29, 0.717) is 18.6 Å². The van der Waals surface area contributed by atoms with E-state index in [4.69, 9.17) is 4.74 Å². The van der Waals surface area contributed by atoms with Crippen LogP contribution in [-0.2, 0) is 9.53 Å². The highest BCUT2D eigenvalue weighted by Gasteiger charge is 2.32. The lowest BCUT2D eigenvalue weighted by molar-refractivity contribution is -0.126. The third-order valence-electron chi connectivity index (χ3n) is 3.53. The van der Waals surface area contributed by atoms with Gasteiger partial charge in [-0.2, -0.15) is 0 Å². The number of carbonyl (C=O) groups is 1. The van der Waals surface area contributed by atoms with Gasteiger partial charge in [0.25, 0.3) is 0 Å². The van der Waals surface area contributed by atoms with Gasteiger partial charge in [-0.1, -0.05) is 20.3 Å². The molecular weight excluding hydrogens is 190 g/mol. The molecule has 88 valence electrons. The van der Waals surface area contributed by atoms with Crippen molar-refractivity contribution in [2.24, 2.45) is 11.8 Å². The van der Waals surface area contributed by atoms with E-state index >= 15 is 0 Å². The van der Waals surface area contributed by atoms with Crippen molar-refractivity contribution in [3.05, 3.63) is 0 Å². The van der Waals surface area contributed by atoms with Crippen molar-refractivity contribution in [2.45, 2.75) is 46.1 Å². The molecule has 3 unspecified atom stereocenters. The predicted molar refractivity (Wildman–Crippen MR) is 60.6 cm³/mol. The number of rotatable bonds is 5. The summed E-state index contributed by atoms with van der Waals surface area (Å²) in [4.78, 5) is 11.5. The first-order valence-electron chi connectivity index (χ1n) is 6.06. The van der Waals surface area contributed by atoms with Crippen LogP contribution in [-0.4, -0.2) is 25.2 Å². The van der Waals surface area contributed by atoms with Gasteiger partial charge in [0.15, 0.2) is 0 Å². The highest BCUT2D eigenvalue weighted by Crippen LogP contribution is 2.33. The second kappa shape index (κ2) is 6.11. The van der Waals surface area contributed by atoms with E-state index < -0.39 is 0 Å². The Morgan fingerprint density at radius 3 is 2.67 bits per heavy atom. The Kier molecular flexibility index (Phi) is 5.09. The molecule has 3 nitrogen and oxygen atoms in total. The van der Waals surface area contributed by atoms with Crippen LogP contribution in [0.5, 0.6) is 0 Å². The summed E-state index contributed by atoms with van der Waals surface area (Å²) in [6, 6.07) is 0.364. The van der Waals surface area contributed by atoms with E-state index in [0.717, 1.165) is 12.3 Å². The minimum absolute atomic E-state index is 0.0328. The van der Waals surface area contributed by atoms with Gasteiger partial charge in [0.2, 0.25) is 5.91 Å². The van der Waals surface area contributed by atoms with Gasteiger partial charge in [-0.25, -0.2) is 0 Å². The molecule has 0 aliphatic heterocycles. The molecule has 0 bridgehead atoms. The Balaban J connectivity index is 2.30. The fourth-order valence-corrected chi connectivity index (χ4v) is 2.47. The van der Waals surface area contributed by atoms with Crippen molar-refractivity contribution >= 4 is 5.91 Å². The third-order valence-corrected chi connectivity index (χ3v) is 3.53. The Labute approximate surface area is 92.6 Å². The minimum Gasteiger partial charge on any atom is -0.372 e. The van der Waals surface area contributed by atoms with Gasteiger partial charge in [-0.15, -0.1) is 0 Å². The van der Waals surface area contributed by atoms with Gasteiger partial charge >= 0.3 is 0 Å². The van der Waals surface area contributed by atoms with Crippen LogP contribution in [0.4, 0.5) is 0 Å². The molecule has 3 atom stereocenters. The first kappa shape index (κ1) is 12.5. The number of amides is 1. The summed E-state index contributed by atoms with van der Waals surface area (Å²) in [5, 5.41) is 3.06. The van der Waals surface area contributed by atoms with E-state index in [2.05, 4.69) is 19.2 Å². The molecule has 15 heavy (non-hydrogen) atoms. The van der Waals surface area contributed by atoms with Crippen molar-refractivity contribution in [3.8, 4) is 0 Å². The lowest BCUT2D eigenvalue weighted by Crippen LogP contribution is -2.39. The number of nitrogens with one attached hydrogen (secondary N) is 1. The standard InChI is InChI=1S/C12H23NO2/c1-4-10-6-7-11(9(10)3)13-12(14)8-15-5-2/h9-11H,4-8H2,1-3H3,(H,13,14). The fourth-order valence-electron chi connectivity index (χ4n) is 2.47. The molecule has 1 fully saturated rings. The second-order valence-electron chi connectivity index (χ2n) is 4.42. The largest absolute Gasteiger partial charge is 0.372 e. The summed E-state index contributed by atoms with van der Waals surface area (Å²) >= 11 is 0. The molecule has 1 rings (SSSR count). The van der Waals surface area contributed by atoms with Gasteiger partial charge < -0.3 is 10.1 Å². The highest BCUT2D eigenvalue weighted by molar-refractivity contribution is 5.77. The van der Waals surface area contributed by atoms with Crippen molar-refractivity contribution in [3.63, 3.8) is 0 Å². The summed E-state index contributed by atoms with van der Waals surface area (Å²) < 4.78 is 5.08. The summed E-state index contributed by atoms with van der Waals surface area (Å²) in [5.74, 6) is 1.42. The molecule has 0 radical (unpaired) electrons. The molecule has 1 amide bonds. The van der Waals surface area contributed by atoms with Crippen molar-refractivity contribution < 1.29 is 9.53 Å². The van der Waals surface area contributed by atoms with Crippen LogP contribution < -0.4 is 5.32 Å². The van der Waals surface area contributed by atoms with Crippen molar-refractivity contribution in [1.29, 1.82) is 0 Å². The number of carbonyl (C=O) groups excluding carboxylic acids is 1. The topological polar surface area (TPSA) is 38.3 Å². The molecule has 1 saturated carbocycles. The Hall–Kier alpha value is -0.570. The SMILES string of the molecule is CCOCC(=O)NC1CCC(CC)C1C. The van der Waals surface area contributed by atoms with Crippen LogP contribution in [0.15, 0.2) is 0 Å².